The fourth-order valence-electron chi connectivity index (χ4n) is 2.34. The molecule has 0 saturated carbocycles. The second-order valence-electron chi connectivity index (χ2n) is 5.85. The molecule has 25 heavy (non-hydrogen) atoms. The van der Waals surface area contributed by atoms with Crippen molar-refractivity contribution in [2.24, 2.45) is 0 Å². The molecule has 136 valence electrons. The average Bonchev–Trinajstić information content (AvgIpc) is 2.47. The molecule has 0 bridgehead atoms. The van der Waals surface area contributed by atoms with Gasteiger partial charge in [-0.1, -0.05) is 0 Å². The molecule has 9 heteroatoms. The number of hydrogen-bond donors (Lipinski definition) is 0. The van der Waals surface area contributed by atoms with Crippen LogP contribution in [0.25, 0.3) is 10.8 Å². The van der Waals surface area contributed by atoms with E-state index in [2.05, 4.69) is 5.10 Å². The fraction of sp³-hybridized carbons (Fsp3) is 0.438. The molecule has 2 aromatic rings. The van der Waals surface area contributed by atoms with Gasteiger partial charge in [-0.05, 0) is 39.0 Å². The number of esters is 1. The lowest BCUT2D eigenvalue weighted by atomic mass is 9.99. The number of aromatic nitrogens is 2. The zero-order valence-electron chi connectivity index (χ0n) is 13.8. The smallest absolute Gasteiger partial charge is 0.416 e. The van der Waals surface area contributed by atoms with Crippen molar-refractivity contribution < 1.29 is 27.1 Å². The standard InChI is InChI=1S/C16H16F4N2O3/c1-4-25-12(23)8-22-14(24)10-6-5-9(16(18,19)20)7-11(10)13(21-22)15(2,3)17/h5-7H,4,8H2,1-3H3. The van der Waals surface area contributed by atoms with Crippen molar-refractivity contribution in [3.63, 3.8) is 0 Å². The van der Waals surface area contributed by atoms with Crippen LogP contribution in [0.1, 0.15) is 32.0 Å². The average molecular weight is 360 g/mol. The Morgan fingerprint density at radius 1 is 1.20 bits per heavy atom. The molecule has 0 radical (unpaired) electrons. The van der Waals surface area contributed by atoms with Gasteiger partial charge in [0.2, 0.25) is 0 Å². The highest BCUT2D eigenvalue weighted by atomic mass is 19.4. The molecule has 1 aromatic heterocycles. The third kappa shape index (κ3) is 3.97. The van der Waals surface area contributed by atoms with Gasteiger partial charge in [-0.3, -0.25) is 9.59 Å². The number of halogens is 4. The quantitative estimate of drug-likeness (QED) is 0.621. The third-order valence-electron chi connectivity index (χ3n) is 3.43. The van der Waals surface area contributed by atoms with Gasteiger partial charge in [0.05, 0.1) is 17.6 Å². The maximum Gasteiger partial charge on any atom is 0.416 e. The molecular formula is C16H16F4N2O3. The molecule has 1 heterocycles. The van der Waals surface area contributed by atoms with E-state index in [9.17, 15) is 27.2 Å². The van der Waals surface area contributed by atoms with E-state index < -0.39 is 35.5 Å². The minimum absolute atomic E-state index is 0.0809. The van der Waals surface area contributed by atoms with Crippen molar-refractivity contribution >= 4 is 16.7 Å². The number of carbonyl (C=O) groups is 1. The zero-order valence-corrected chi connectivity index (χ0v) is 13.8. The second kappa shape index (κ2) is 6.45. The second-order valence-corrected chi connectivity index (χ2v) is 5.85. The Morgan fingerprint density at radius 2 is 1.84 bits per heavy atom. The van der Waals surface area contributed by atoms with Crippen LogP contribution in [-0.2, 0) is 27.9 Å². The zero-order chi connectivity index (χ0) is 19.0. The van der Waals surface area contributed by atoms with Crippen molar-refractivity contribution in [2.75, 3.05) is 6.61 Å². The summed E-state index contributed by atoms with van der Waals surface area (Å²) >= 11 is 0. The van der Waals surface area contributed by atoms with Crippen molar-refractivity contribution in [1.29, 1.82) is 0 Å². The number of nitrogens with zero attached hydrogens (tertiary/aromatic N) is 2. The van der Waals surface area contributed by atoms with Crippen LogP contribution in [0, 0.1) is 0 Å². The summed E-state index contributed by atoms with van der Waals surface area (Å²) in [7, 11) is 0. The van der Waals surface area contributed by atoms with Crippen LogP contribution in [0.15, 0.2) is 23.0 Å². The van der Waals surface area contributed by atoms with Gasteiger partial charge in [-0.15, -0.1) is 0 Å². The van der Waals surface area contributed by atoms with E-state index in [0.29, 0.717) is 10.7 Å². The van der Waals surface area contributed by atoms with Gasteiger partial charge in [0.25, 0.3) is 5.56 Å². The fourth-order valence-corrected chi connectivity index (χ4v) is 2.34. The summed E-state index contributed by atoms with van der Waals surface area (Å²) in [6.45, 7) is 3.30. The van der Waals surface area contributed by atoms with E-state index in [1.54, 1.807) is 6.92 Å². The van der Waals surface area contributed by atoms with Crippen molar-refractivity contribution in [1.82, 2.24) is 9.78 Å². The van der Waals surface area contributed by atoms with Crippen LogP contribution >= 0.6 is 0 Å². The minimum Gasteiger partial charge on any atom is -0.465 e. The minimum atomic E-state index is -4.65. The molecule has 0 aliphatic carbocycles. The van der Waals surface area contributed by atoms with Crippen LogP contribution in [0.2, 0.25) is 0 Å². The predicted molar refractivity (Wildman–Crippen MR) is 81.8 cm³/mol. The Morgan fingerprint density at radius 3 is 2.36 bits per heavy atom. The van der Waals surface area contributed by atoms with Gasteiger partial charge in [0.15, 0.2) is 0 Å². The monoisotopic (exact) mass is 360 g/mol. The van der Waals surface area contributed by atoms with Gasteiger partial charge < -0.3 is 4.74 Å². The van der Waals surface area contributed by atoms with Gasteiger partial charge >= 0.3 is 12.1 Å². The van der Waals surface area contributed by atoms with E-state index in [1.807, 2.05) is 0 Å². The largest absolute Gasteiger partial charge is 0.465 e. The van der Waals surface area contributed by atoms with Gasteiger partial charge in [0.1, 0.15) is 17.9 Å². The highest BCUT2D eigenvalue weighted by Crippen LogP contribution is 2.34. The molecule has 0 amide bonds. The molecule has 0 N–H and O–H groups in total. The summed E-state index contributed by atoms with van der Waals surface area (Å²) in [4.78, 5) is 24.0. The summed E-state index contributed by atoms with van der Waals surface area (Å²) in [6.07, 6.45) is -4.65. The number of benzene rings is 1. The number of ether oxygens (including phenoxy) is 1. The topological polar surface area (TPSA) is 61.2 Å². The lowest BCUT2D eigenvalue weighted by Crippen LogP contribution is -2.31. The van der Waals surface area contributed by atoms with Crippen molar-refractivity contribution in [2.45, 2.75) is 39.2 Å². The van der Waals surface area contributed by atoms with E-state index in [1.165, 1.54) is 0 Å². The van der Waals surface area contributed by atoms with Gasteiger partial charge in [0, 0.05) is 5.39 Å². The Kier molecular flexibility index (Phi) is 4.87. The van der Waals surface area contributed by atoms with Crippen LogP contribution in [-0.4, -0.2) is 22.4 Å². The maximum atomic E-state index is 14.5. The molecule has 0 aliphatic heterocycles. The van der Waals surface area contributed by atoms with E-state index in [4.69, 9.17) is 4.74 Å². The molecule has 0 fully saturated rings. The number of alkyl halides is 4. The molecular weight excluding hydrogens is 344 g/mol. The van der Waals surface area contributed by atoms with Crippen molar-refractivity contribution in [3.8, 4) is 0 Å². The van der Waals surface area contributed by atoms with Gasteiger partial charge in [-0.25, -0.2) is 9.07 Å². The highest BCUT2D eigenvalue weighted by molar-refractivity contribution is 5.85. The third-order valence-corrected chi connectivity index (χ3v) is 3.43. The van der Waals surface area contributed by atoms with E-state index in [0.717, 1.165) is 26.0 Å². The first kappa shape index (κ1) is 18.9. The van der Waals surface area contributed by atoms with Crippen LogP contribution in [0.4, 0.5) is 17.6 Å². The molecule has 0 aliphatic rings. The van der Waals surface area contributed by atoms with Gasteiger partial charge in [-0.2, -0.15) is 18.3 Å². The normalized spacial score (nSPS) is 12.4. The maximum absolute atomic E-state index is 14.5. The summed E-state index contributed by atoms with van der Waals surface area (Å²) in [5, 5.41) is 3.38. The lowest BCUT2D eigenvalue weighted by molar-refractivity contribution is -0.144. The first-order valence-corrected chi connectivity index (χ1v) is 7.42. The number of hydrogen-bond acceptors (Lipinski definition) is 4. The highest BCUT2D eigenvalue weighted by Gasteiger charge is 2.33. The molecule has 2 rings (SSSR count). The van der Waals surface area contributed by atoms with E-state index in [-0.39, 0.29) is 23.1 Å². The first-order chi connectivity index (χ1) is 11.4. The van der Waals surface area contributed by atoms with Crippen LogP contribution < -0.4 is 5.56 Å². The van der Waals surface area contributed by atoms with E-state index >= 15 is 0 Å². The lowest BCUT2D eigenvalue weighted by Gasteiger charge is -2.19. The van der Waals surface area contributed by atoms with Crippen LogP contribution in [0.5, 0.6) is 0 Å². The number of fused-ring (bicyclic) bond motifs is 1. The molecule has 5 nitrogen and oxygen atoms in total. The predicted octanol–water partition coefficient (Wildman–Crippen LogP) is 3.18. The SMILES string of the molecule is CCOC(=O)Cn1nc(C(C)(C)F)c2cc(C(F)(F)F)ccc2c1=O. The molecule has 0 saturated heterocycles. The summed E-state index contributed by atoms with van der Waals surface area (Å²) < 4.78 is 58.7. The molecule has 0 spiro atoms. The Hall–Kier alpha value is -2.45. The van der Waals surface area contributed by atoms with Crippen molar-refractivity contribution in [3.05, 3.63) is 39.8 Å². The Balaban J connectivity index is 2.75. The summed E-state index contributed by atoms with van der Waals surface area (Å²) in [5.41, 5.74) is -4.32. The molecule has 1 aromatic carbocycles. The Labute approximate surface area is 140 Å². The summed E-state index contributed by atoms with van der Waals surface area (Å²) in [6, 6.07) is 2.38. The molecule has 0 unspecified atom stereocenters. The number of rotatable bonds is 4. The first-order valence-electron chi connectivity index (χ1n) is 7.42. The molecule has 0 atom stereocenters. The Bertz CT molecular complexity index is 867. The van der Waals surface area contributed by atoms with Crippen LogP contribution in [0.3, 0.4) is 0 Å². The number of carbonyl (C=O) groups excluding carboxylic acids is 1. The summed E-state index contributed by atoms with van der Waals surface area (Å²) in [5.74, 6) is -0.758.